The fourth-order valence-corrected chi connectivity index (χ4v) is 9.18. The number of methoxy groups -OCH3 is 2. The van der Waals surface area contributed by atoms with Crippen LogP contribution in [0.3, 0.4) is 0 Å². The number of carbonyl (C=O) groups is 1. The van der Waals surface area contributed by atoms with Crippen molar-refractivity contribution in [1.82, 2.24) is 24.2 Å². The summed E-state index contributed by atoms with van der Waals surface area (Å²) in [4.78, 5) is 37.5. The third-order valence-corrected chi connectivity index (χ3v) is 12.2. The Bertz CT molecular complexity index is 2290. The number of nitrogens with one attached hydrogen (secondary N) is 2. The summed E-state index contributed by atoms with van der Waals surface area (Å²) in [5.41, 5.74) is 0.263. The van der Waals surface area contributed by atoms with Crippen molar-refractivity contribution in [2.24, 2.45) is 0 Å². The summed E-state index contributed by atoms with van der Waals surface area (Å²) < 4.78 is 47.9. The van der Waals surface area contributed by atoms with Gasteiger partial charge < -0.3 is 32.7 Å². The Balaban J connectivity index is 1.44. The second kappa shape index (κ2) is 20.2. The van der Waals surface area contributed by atoms with Gasteiger partial charge in [-0.15, -0.1) is 0 Å². The van der Waals surface area contributed by atoms with Gasteiger partial charge in [0.2, 0.25) is 5.95 Å². The molecule has 3 aromatic carbocycles. The number of amides is 1. The minimum Gasteiger partial charge on any atom is -0.497 e. The number of nitrogens with zero attached hydrogens (tertiary/aromatic N) is 5. The molecule has 17 heteroatoms. The van der Waals surface area contributed by atoms with Gasteiger partial charge in [-0.05, 0) is 89.4 Å². The van der Waals surface area contributed by atoms with Gasteiger partial charge in [-0.1, -0.05) is 54.6 Å². The Morgan fingerprint density at radius 2 is 1.56 bits per heavy atom. The Hall–Kier alpha value is -5.40. The molecular weight excluding hydrogens is 814 g/mol. The third-order valence-electron chi connectivity index (χ3n) is 10.1. The van der Waals surface area contributed by atoms with Crippen molar-refractivity contribution in [1.29, 1.82) is 5.26 Å². The summed E-state index contributed by atoms with van der Waals surface area (Å²) in [5, 5.41) is 11.9. The minimum atomic E-state index is -1.72. The molecule has 1 amide bonds. The number of aromatic amines is 1. The molecule has 3 heterocycles. The van der Waals surface area contributed by atoms with Crippen LogP contribution >= 0.6 is 8.53 Å². The van der Waals surface area contributed by atoms with Gasteiger partial charge in [-0.3, -0.25) is 19.7 Å². The lowest BCUT2D eigenvalue weighted by atomic mass is 9.80. The minimum absolute atomic E-state index is 0.0188. The molecule has 1 fully saturated rings. The number of ether oxygens (including phenoxy) is 5. The van der Waals surface area contributed by atoms with Crippen LogP contribution in [0.25, 0.3) is 11.2 Å². The Morgan fingerprint density at radius 3 is 2.11 bits per heavy atom. The Labute approximate surface area is 363 Å². The van der Waals surface area contributed by atoms with E-state index in [4.69, 9.17) is 32.7 Å². The average Bonchev–Trinajstić information content (AvgIpc) is 3.85. The third kappa shape index (κ3) is 10.6. The van der Waals surface area contributed by atoms with Crippen LogP contribution in [0, 0.1) is 11.3 Å². The van der Waals surface area contributed by atoms with Gasteiger partial charge in [0.05, 0.1) is 52.4 Å². The van der Waals surface area contributed by atoms with Gasteiger partial charge >= 0.3 is 6.09 Å². The molecule has 4 atom stereocenters. The van der Waals surface area contributed by atoms with E-state index in [1.54, 1.807) is 39.6 Å². The molecule has 2 aromatic heterocycles. The first kappa shape index (κ1) is 46.1. The normalized spacial score (nSPS) is 17.4. The van der Waals surface area contributed by atoms with E-state index in [-0.39, 0.29) is 55.3 Å². The Morgan fingerprint density at radius 1 is 0.968 bits per heavy atom. The van der Waals surface area contributed by atoms with Crippen LogP contribution in [-0.4, -0.2) is 87.6 Å². The highest BCUT2D eigenvalue weighted by Crippen LogP contribution is 2.51. The molecule has 0 bridgehead atoms. The number of fused-ring (bicyclic) bond motifs is 1. The topological polar surface area (TPSA) is 184 Å². The molecule has 16 nitrogen and oxygen atoms in total. The van der Waals surface area contributed by atoms with Crippen LogP contribution < -0.4 is 20.3 Å². The molecule has 0 aliphatic carbocycles. The first-order chi connectivity index (χ1) is 29.7. The molecule has 5 aromatic rings. The first-order valence-electron chi connectivity index (χ1n) is 20.5. The zero-order valence-corrected chi connectivity index (χ0v) is 37.6. The number of hydrogen-bond donors (Lipinski definition) is 2. The molecule has 62 heavy (non-hydrogen) atoms. The van der Waals surface area contributed by atoms with Gasteiger partial charge in [-0.25, -0.2) is 14.4 Å². The molecule has 0 radical (unpaired) electrons. The fraction of sp³-hybridized carbons (Fsp3) is 0.444. The lowest BCUT2D eigenvalue weighted by molar-refractivity contribution is -0.0912. The number of imidazole rings is 1. The average molecular weight is 870 g/mol. The molecular formula is C45H56N7O9P. The van der Waals surface area contributed by atoms with Crippen LogP contribution in [-0.2, 0) is 28.9 Å². The Kier molecular flexibility index (Phi) is 15.0. The fourth-order valence-electron chi connectivity index (χ4n) is 7.42. The number of carbonyl (C=O) groups excluding carboxylic acids is 1. The number of H-pyrrole nitrogens is 1. The largest absolute Gasteiger partial charge is 0.497 e. The summed E-state index contributed by atoms with van der Waals surface area (Å²) in [5.74, 6) is 1.26. The van der Waals surface area contributed by atoms with Crippen LogP contribution in [0.5, 0.6) is 11.5 Å². The quantitative estimate of drug-likeness (QED) is 0.0486. The highest BCUT2D eigenvalue weighted by atomic mass is 31.2. The lowest BCUT2D eigenvalue weighted by Gasteiger charge is -2.39. The van der Waals surface area contributed by atoms with E-state index in [1.165, 1.54) is 6.33 Å². The first-order valence-corrected chi connectivity index (χ1v) is 21.7. The lowest BCUT2D eigenvalue weighted by Crippen LogP contribution is -2.39. The summed E-state index contributed by atoms with van der Waals surface area (Å²) in [6.45, 7) is 13.7. The van der Waals surface area contributed by atoms with Crippen LogP contribution in [0.1, 0.15) is 84.2 Å². The predicted molar refractivity (Wildman–Crippen MR) is 235 cm³/mol. The summed E-state index contributed by atoms with van der Waals surface area (Å²) in [7, 11) is 1.53. The van der Waals surface area contributed by atoms with Crippen molar-refractivity contribution >= 4 is 31.7 Å². The smallest absolute Gasteiger partial charge is 0.414 e. The summed E-state index contributed by atoms with van der Waals surface area (Å²) in [6.07, 6.45) is -0.939. The van der Waals surface area contributed by atoms with Crippen molar-refractivity contribution in [2.45, 2.75) is 103 Å². The second-order valence-corrected chi connectivity index (χ2v) is 17.6. The second-order valence-electron chi connectivity index (χ2n) is 16.2. The molecule has 330 valence electrons. The number of anilines is 1. The standard InChI is InChI=1S/C45H56N7O9P/c1-29(2)52(30(3)4)62(58-25-13-24-46)61-36-26-38(51-28-47-39-40(51)48-42(49-41(39)53)50-43(54)60-44(5,6)7)59-37(36)27-57-45(31-14-11-10-12-15-31,32-16-20-34(55-8)21-17-32)33-18-22-35(56-9)23-19-33/h10-12,14-23,28-30,36-38H,13,25-27H2,1-9H3,(H2,48,49,50,53,54)/t36-,37+,38+,62?/m0/s1. The highest BCUT2D eigenvalue weighted by molar-refractivity contribution is 7.44. The zero-order valence-electron chi connectivity index (χ0n) is 36.7. The zero-order chi connectivity index (χ0) is 44.6. The van der Waals surface area contributed by atoms with Gasteiger partial charge in [0.15, 0.2) is 11.2 Å². The van der Waals surface area contributed by atoms with Crippen molar-refractivity contribution in [3.05, 3.63) is 112 Å². The summed E-state index contributed by atoms with van der Waals surface area (Å²) in [6, 6.07) is 27.7. The van der Waals surface area contributed by atoms with E-state index in [0.717, 1.165) is 16.7 Å². The maximum absolute atomic E-state index is 13.3. The molecule has 0 spiro atoms. The maximum atomic E-state index is 13.3. The van der Waals surface area contributed by atoms with Gasteiger partial charge in [0, 0.05) is 18.5 Å². The number of rotatable bonds is 18. The van der Waals surface area contributed by atoms with Gasteiger partial charge in [-0.2, -0.15) is 10.2 Å². The SMILES string of the molecule is COc1ccc(C(OC[C@H]2O[C@@H](n3cnc4c(=O)[nH]c(NC(=O)OC(C)(C)C)nc43)C[C@@H]2OP(OCCC#N)N(C(C)C)C(C)C)(c2ccccc2)c2ccc(OC)cc2)cc1. The van der Waals surface area contributed by atoms with Gasteiger partial charge in [0.1, 0.15) is 35.0 Å². The molecule has 0 saturated carbocycles. The van der Waals surface area contributed by atoms with Gasteiger partial charge in [0.25, 0.3) is 14.1 Å². The summed E-state index contributed by atoms with van der Waals surface area (Å²) >= 11 is 0. The molecule has 2 N–H and O–H groups in total. The van der Waals surface area contributed by atoms with E-state index in [2.05, 4.69) is 58.7 Å². The maximum Gasteiger partial charge on any atom is 0.414 e. The van der Waals surface area contributed by atoms with Crippen LogP contribution in [0.15, 0.2) is 90.0 Å². The number of aromatic nitrogens is 4. The molecule has 1 aliphatic rings. The molecule has 1 unspecified atom stereocenters. The van der Waals surface area contributed by atoms with Crippen molar-refractivity contribution in [3.63, 3.8) is 0 Å². The number of benzene rings is 3. The molecule has 1 aliphatic heterocycles. The highest BCUT2D eigenvalue weighted by Gasteiger charge is 2.45. The predicted octanol–water partition coefficient (Wildman–Crippen LogP) is 8.44. The molecule has 1 saturated heterocycles. The van der Waals surface area contributed by atoms with E-state index < -0.39 is 49.8 Å². The number of hydrogen-bond acceptors (Lipinski definition) is 13. The monoisotopic (exact) mass is 869 g/mol. The van der Waals surface area contributed by atoms with Crippen molar-refractivity contribution in [3.8, 4) is 17.6 Å². The van der Waals surface area contributed by atoms with Crippen molar-refractivity contribution in [2.75, 3.05) is 32.8 Å². The number of nitriles is 1. The van der Waals surface area contributed by atoms with E-state index in [9.17, 15) is 14.9 Å². The van der Waals surface area contributed by atoms with Crippen molar-refractivity contribution < 1.29 is 37.5 Å². The van der Waals surface area contributed by atoms with E-state index in [0.29, 0.717) is 11.5 Å². The van der Waals surface area contributed by atoms with E-state index >= 15 is 0 Å². The van der Waals surface area contributed by atoms with Crippen LogP contribution in [0.4, 0.5) is 10.7 Å². The van der Waals surface area contributed by atoms with Crippen LogP contribution in [0.2, 0.25) is 0 Å². The molecule has 6 rings (SSSR count). The van der Waals surface area contributed by atoms with E-state index in [1.807, 2.05) is 78.9 Å².